The molecule has 2 rings (SSSR count). The largest absolute Gasteiger partial charge is 0.273 e. The molecule has 0 bridgehead atoms. The topological polar surface area (TPSA) is 75.3 Å². The van der Waals surface area contributed by atoms with Crippen LogP contribution in [0.25, 0.3) is 0 Å². The molecule has 2 aromatic carbocycles. The molecule has 0 atom stereocenters. The number of hydrogen-bond donors (Lipinski definition) is 2. The van der Waals surface area contributed by atoms with E-state index in [1.165, 1.54) is 18.2 Å². The van der Waals surface area contributed by atoms with Gasteiger partial charge in [0.05, 0.1) is 15.5 Å². The number of benzene rings is 2. The van der Waals surface area contributed by atoms with Gasteiger partial charge in [-0.1, -0.05) is 56.6 Å². The molecule has 0 fully saturated rings. The van der Waals surface area contributed by atoms with E-state index in [2.05, 4.69) is 10.3 Å². The van der Waals surface area contributed by atoms with E-state index in [-0.39, 0.29) is 20.9 Å². The van der Waals surface area contributed by atoms with Gasteiger partial charge in [-0.05, 0) is 35.2 Å². The van der Waals surface area contributed by atoms with Crippen molar-refractivity contribution >= 4 is 27.5 Å². The van der Waals surface area contributed by atoms with Crippen molar-refractivity contribution in [2.24, 2.45) is 0 Å². The fourth-order valence-corrected chi connectivity index (χ4v) is 3.08. The molecule has 0 aliphatic rings. The van der Waals surface area contributed by atoms with E-state index in [4.69, 9.17) is 11.6 Å². The molecule has 0 heterocycles. The molecule has 0 aromatic heterocycles. The molecule has 1 amide bonds. The Balaban J connectivity index is 2.12. The van der Waals surface area contributed by atoms with Crippen molar-refractivity contribution in [2.45, 2.75) is 31.1 Å². The standard InChI is InChI=1S/C17H19ClN2O3S/c1-17(2,3)12-8-10-13(11-9-12)24(22,23)20-19-16(21)14-6-4-5-7-15(14)18/h4-11,20H,1-3H3,(H,19,21). The zero-order chi connectivity index (χ0) is 18.0. The predicted octanol–water partition coefficient (Wildman–Crippen LogP) is 3.26. The molecule has 0 saturated carbocycles. The Kier molecular flexibility index (Phi) is 5.32. The summed E-state index contributed by atoms with van der Waals surface area (Å²) in [6.45, 7) is 6.12. The third-order valence-corrected chi connectivity index (χ3v) is 5.04. The van der Waals surface area contributed by atoms with Crippen LogP contribution in [0.1, 0.15) is 36.7 Å². The summed E-state index contributed by atoms with van der Waals surface area (Å²) in [4.78, 5) is 14.1. The van der Waals surface area contributed by atoms with Gasteiger partial charge in [-0.3, -0.25) is 10.2 Å². The van der Waals surface area contributed by atoms with Crippen molar-refractivity contribution in [3.8, 4) is 0 Å². The summed E-state index contributed by atoms with van der Waals surface area (Å²) < 4.78 is 24.5. The monoisotopic (exact) mass is 366 g/mol. The van der Waals surface area contributed by atoms with Crippen LogP contribution in [0.3, 0.4) is 0 Å². The van der Waals surface area contributed by atoms with Gasteiger partial charge in [-0.25, -0.2) is 8.42 Å². The maximum Gasteiger partial charge on any atom is 0.267 e. The lowest BCUT2D eigenvalue weighted by Gasteiger charge is -2.19. The predicted molar refractivity (Wildman–Crippen MR) is 94.4 cm³/mol. The maximum atomic E-state index is 12.3. The molecule has 0 unspecified atom stereocenters. The average molecular weight is 367 g/mol. The van der Waals surface area contributed by atoms with E-state index in [0.29, 0.717) is 0 Å². The van der Waals surface area contributed by atoms with Gasteiger partial charge < -0.3 is 0 Å². The second-order valence-electron chi connectivity index (χ2n) is 6.31. The Hall–Kier alpha value is -1.89. The van der Waals surface area contributed by atoms with Crippen molar-refractivity contribution in [3.05, 3.63) is 64.7 Å². The normalized spacial score (nSPS) is 12.0. The highest BCUT2D eigenvalue weighted by Gasteiger charge is 2.19. The van der Waals surface area contributed by atoms with Crippen molar-refractivity contribution in [1.29, 1.82) is 0 Å². The molecule has 5 nitrogen and oxygen atoms in total. The van der Waals surface area contributed by atoms with Gasteiger partial charge in [0.2, 0.25) is 0 Å². The molecule has 24 heavy (non-hydrogen) atoms. The van der Waals surface area contributed by atoms with E-state index in [0.717, 1.165) is 5.56 Å². The van der Waals surface area contributed by atoms with Crippen LogP contribution in [0.5, 0.6) is 0 Å². The summed E-state index contributed by atoms with van der Waals surface area (Å²) >= 11 is 5.91. The molecule has 0 aliphatic heterocycles. The van der Waals surface area contributed by atoms with E-state index in [1.807, 2.05) is 20.8 Å². The molecule has 0 radical (unpaired) electrons. The highest BCUT2D eigenvalue weighted by atomic mass is 35.5. The summed E-state index contributed by atoms with van der Waals surface area (Å²) in [6, 6.07) is 12.9. The van der Waals surface area contributed by atoms with Gasteiger partial charge in [0.25, 0.3) is 15.9 Å². The number of sulfonamides is 1. The lowest BCUT2D eigenvalue weighted by molar-refractivity contribution is 0.0945. The highest BCUT2D eigenvalue weighted by molar-refractivity contribution is 7.89. The van der Waals surface area contributed by atoms with Crippen molar-refractivity contribution in [1.82, 2.24) is 10.3 Å². The lowest BCUT2D eigenvalue weighted by atomic mass is 9.87. The van der Waals surface area contributed by atoms with Gasteiger partial charge in [-0.15, -0.1) is 4.83 Å². The zero-order valence-corrected chi connectivity index (χ0v) is 15.2. The fraction of sp³-hybridized carbons (Fsp3) is 0.235. The van der Waals surface area contributed by atoms with E-state index >= 15 is 0 Å². The molecule has 2 aromatic rings. The Morgan fingerprint density at radius 2 is 1.58 bits per heavy atom. The minimum atomic E-state index is -3.86. The van der Waals surface area contributed by atoms with Crippen LogP contribution < -0.4 is 10.3 Å². The summed E-state index contributed by atoms with van der Waals surface area (Å²) in [6.07, 6.45) is 0. The molecule has 0 aliphatic carbocycles. The Bertz CT molecular complexity index is 841. The SMILES string of the molecule is CC(C)(C)c1ccc(S(=O)(=O)NNC(=O)c2ccccc2Cl)cc1. The third kappa shape index (κ3) is 4.35. The second-order valence-corrected chi connectivity index (χ2v) is 8.40. The highest BCUT2D eigenvalue weighted by Crippen LogP contribution is 2.23. The number of carbonyl (C=O) groups is 1. The van der Waals surface area contributed by atoms with Crippen LogP contribution in [0.2, 0.25) is 5.02 Å². The zero-order valence-electron chi connectivity index (χ0n) is 13.6. The molecule has 128 valence electrons. The summed E-state index contributed by atoms with van der Waals surface area (Å²) in [5.41, 5.74) is 3.29. The minimum Gasteiger partial charge on any atom is -0.273 e. The molecular formula is C17H19ClN2O3S. The Morgan fingerprint density at radius 3 is 2.12 bits per heavy atom. The van der Waals surface area contributed by atoms with Crippen molar-refractivity contribution < 1.29 is 13.2 Å². The average Bonchev–Trinajstić information content (AvgIpc) is 2.52. The molecule has 2 N–H and O–H groups in total. The number of amides is 1. The summed E-state index contributed by atoms with van der Waals surface area (Å²) in [5, 5.41) is 0.240. The van der Waals surface area contributed by atoms with Gasteiger partial charge in [0, 0.05) is 0 Å². The molecule has 0 saturated heterocycles. The smallest absolute Gasteiger partial charge is 0.267 e. The van der Waals surface area contributed by atoms with Gasteiger partial charge >= 0.3 is 0 Å². The van der Waals surface area contributed by atoms with Gasteiger partial charge in [0.1, 0.15) is 0 Å². The van der Waals surface area contributed by atoms with Crippen LogP contribution >= 0.6 is 11.6 Å². The number of hydrazine groups is 1. The number of nitrogens with one attached hydrogen (secondary N) is 2. The lowest BCUT2D eigenvalue weighted by Crippen LogP contribution is -2.41. The molecular weight excluding hydrogens is 348 g/mol. The number of carbonyl (C=O) groups excluding carboxylic acids is 1. The molecule has 0 spiro atoms. The first kappa shape index (κ1) is 18.4. The first-order chi connectivity index (χ1) is 11.1. The van der Waals surface area contributed by atoms with Gasteiger partial charge in [0.15, 0.2) is 0 Å². The van der Waals surface area contributed by atoms with E-state index in [1.54, 1.807) is 30.3 Å². The van der Waals surface area contributed by atoms with Crippen molar-refractivity contribution in [3.63, 3.8) is 0 Å². The van der Waals surface area contributed by atoms with Crippen LogP contribution in [0.15, 0.2) is 53.4 Å². The second kappa shape index (κ2) is 6.93. The number of hydrogen-bond acceptors (Lipinski definition) is 3. The van der Waals surface area contributed by atoms with Crippen LogP contribution in [0, 0.1) is 0 Å². The van der Waals surface area contributed by atoms with Gasteiger partial charge in [-0.2, -0.15) is 0 Å². The van der Waals surface area contributed by atoms with E-state index in [9.17, 15) is 13.2 Å². The van der Waals surface area contributed by atoms with Crippen LogP contribution in [-0.4, -0.2) is 14.3 Å². The maximum absolute atomic E-state index is 12.3. The van der Waals surface area contributed by atoms with Crippen LogP contribution in [-0.2, 0) is 15.4 Å². The Morgan fingerprint density at radius 1 is 1.00 bits per heavy atom. The number of halogens is 1. The number of rotatable bonds is 4. The molecule has 7 heteroatoms. The fourth-order valence-electron chi connectivity index (χ4n) is 2.02. The van der Waals surface area contributed by atoms with E-state index < -0.39 is 15.9 Å². The summed E-state index contributed by atoms with van der Waals surface area (Å²) in [7, 11) is -3.86. The van der Waals surface area contributed by atoms with Crippen LogP contribution in [0.4, 0.5) is 0 Å². The minimum absolute atomic E-state index is 0.0648. The Labute approximate surface area is 147 Å². The third-order valence-electron chi connectivity index (χ3n) is 3.45. The van der Waals surface area contributed by atoms with Crippen molar-refractivity contribution in [2.75, 3.05) is 0 Å². The quantitative estimate of drug-likeness (QED) is 0.815. The first-order valence-corrected chi connectivity index (χ1v) is 9.14. The summed E-state index contributed by atoms with van der Waals surface area (Å²) in [5.74, 6) is -0.629. The first-order valence-electron chi connectivity index (χ1n) is 7.28.